The number of aromatic nitrogens is 2. The summed E-state index contributed by atoms with van der Waals surface area (Å²) in [6, 6.07) is 14.2. The lowest BCUT2D eigenvalue weighted by atomic mass is 10.1. The molecule has 2 heterocycles. The number of rotatable bonds is 3. The van der Waals surface area contributed by atoms with Crippen LogP contribution in [0.25, 0.3) is 22.5 Å². The number of carbonyl (C=O) groups is 1. The van der Waals surface area contributed by atoms with Crippen molar-refractivity contribution >= 4 is 11.8 Å². The summed E-state index contributed by atoms with van der Waals surface area (Å²) in [6.45, 7) is 5.38. The van der Waals surface area contributed by atoms with E-state index in [0.29, 0.717) is 22.6 Å². The maximum Gasteiger partial charge on any atom is 0.412 e. The van der Waals surface area contributed by atoms with Gasteiger partial charge in [-0.3, -0.25) is 10.3 Å². The largest absolute Gasteiger partial charge is 0.444 e. The number of hydrogen-bond acceptors (Lipinski definition) is 4. The van der Waals surface area contributed by atoms with Crippen molar-refractivity contribution in [2.24, 2.45) is 0 Å². The van der Waals surface area contributed by atoms with Crippen LogP contribution in [0.3, 0.4) is 0 Å². The van der Waals surface area contributed by atoms with E-state index in [0.717, 1.165) is 11.8 Å². The molecule has 1 amide bonds. The molecule has 3 rings (SSSR count). The molecule has 0 unspecified atom stereocenters. The zero-order valence-corrected chi connectivity index (χ0v) is 15.4. The quantitative estimate of drug-likeness (QED) is 0.684. The number of nitrogens with one attached hydrogen (secondary N) is 1. The van der Waals surface area contributed by atoms with E-state index in [1.165, 1.54) is 6.07 Å². The zero-order valence-electron chi connectivity index (χ0n) is 15.4. The number of halogens is 1. The highest BCUT2D eigenvalue weighted by Crippen LogP contribution is 2.30. The lowest BCUT2D eigenvalue weighted by molar-refractivity contribution is 0.0636. The van der Waals surface area contributed by atoms with Gasteiger partial charge in [-0.1, -0.05) is 30.3 Å². The van der Waals surface area contributed by atoms with Crippen molar-refractivity contribution in [3.63, 3.8) is 0 Å². The first-order valence-corrected chi connectivity index (χ1v) is 8.49. The van der Waals surface area contributed by atoms with Gasteiger partial charge in [-0.25, -0.2) is 14.2 Å². The fourth-order valence-electron chi connectivity index (χ4n) is 2.50. The second-order valence-electron chi connectivity index (χ2n) is 6.98. The van der Waals surface area contributed by atoms with Crippen LogP contribution in [0.15, 0.2) is 60.9 Å². The van der Waals surface area contributed by atoms with E-state index in [1.54, 1.807) is 39.1 Å². The Morgan fingerprint density at radius 2 is 1.78 bits per heavy atom. The van der Waals surface area contributed by atoms with Crippen LogP contribution in [0.4, 0.5) is 14.9 Å². The molecule has 0 bridgehead atoms. The minimum Gasteiger partial charge on any atom is -0.444 e. The van der Waals surface area contributed by atoms with Gasteiger partial charge in [-0.05, 0) is 39.0 Å². The number of anilines is 1. The third-order valence-corrected chi connectivity index (χ3v) is 3.58. The first-order chi connectivity index (χ1) is 12.8. The normalized spacial score (nSPS) is 11.1. The molecule has 1 aromatic carbocycles. The molecule has 0 aliphatic heterocycles. The summed E-state index contributed by atoms with van der Waals surface area (Å²) in [7, 11) is 0. The predicted octanol–water partition coefficient (Wildman–Crippen LogP) is 5.30. The average Bonchev–Trinajstić information content (AvgIpc) is 2.61. The SMILES string of the molecule is CC(C)(C)OC(=O)Nc1ccc(-c2cncc(F)c2)nc1-c1ccccc1. The standard InChI is InChI=1S/C21H20FN3O2/c1-21(2,3)27-20(26)25-18-10-9-17(15-11-16(22)13-23-12-15)24-19(18)14-7-5-4-6-8-14/h4-13H,1-3H3,(H,25,26). The Kier molecular flexibility index (Phi) is 5.16. The summed E-state index contributed by atoms with van der Waals surface area (Å²) in [5.74, 6) is -0.438. The molecule has 0 atom stereocenters. The van der Waals surface area contributed by atoms with E-state index in [1.807, 2.05) is 30.3 Å². The summed E-state index contributed by atoms with van der Waals surface area (Å²) in [5, 5.41) is 2.74. The fraction of sp³-hybridized carbons (Fsp3) is 0.190. The van der Waals surface area contributed by atoms with Crippen LogP contribution in [-0.2, 0) is 4.74 Å². The third kappa shape index (κ3) is 4.88. The summed E-state index contributed by atoms with van der Waals surface area (Å²) in [6.07, 6.45) is 2.11. The minimum atomic E-state index is -0.613. The van der Waals surface area contributed by atoms with Gasteiger partial charge in [-0.15, -0.1) is 0 Å². The van der Waals surface area contributed by atoms with Crippen LogP contribution in [0, 0.1) is 5.82 Å². The first-order valence-electron chi connectivity index (χ1n) is 8.49. The molecule has 138 valence electrons. The lowest BCUT2D eigenvalue weighted by Gasteiger charge is -2.20. The highest BCUT2D eigenvalue weighted by molar-refractivity contribution is 5.91. The number of nitrogens with zero attached hydrogens (tertiary/aromatic N) is 2. The molecule has 3 aromatic rings. The molecule has 2 aromatic heterocycles. The molecule has 0 saturated heterocycles. The van der Waals surface area contributed by atoms with E-state index in [4.69, 9.17) is 4.74 Å². The van der Waals surface area contributed by atoms with Crippen LogP contribution < -0.4 is 5.32 Å². The number of hydrogen-bond donors (Lipinski definition) is 1. The summed E-state index contributed by atoms with van der Waals surface area (Å²) >= 11 is 0. The number of amides is 1. The van der Waals surface area contributed by atoms with E-state index in [2.05, 4.69) is 15.3 Å². The van der Waals surface area contributed by atoms with E-state index < -0.39 is 17.5 Å². The van der Waals surface area contributed by atoms with Gasteiger partial charge < -0.3 is 4.74 Å². The fourth-order valence-corrected chi connectivity index (χ4v) is 2.50. The van der Waals surface area contributed by atoms with E-state index in [9.17, 15) is 9.18 Å². The van der Waals surface area contributed by atoms with Gasteiger partial charge in [0.25, 0.3) is 0 Å². The molecule has 27 heavy (non-hydrogen) atoms. The smallest absolute Gasteiger partial charge is 0.412 e. The van der Waals surface area contributed by atoms with Crippen LogP contribution in [0.1, 0.15) is 20.8 Å². The molecule has 0 aliphatic carbocycles. The van der Waals surface area contributed by atoms with Crippen molar-refractivity contribution < 1.29 is 13.9 Å². The van der Waals surface area contributed by atoms with Gasteiger partial charge in [-0.2, -0.15) is 0 Å². The van der Waals surface area contributed by atoms with Gasteiger partial charge >= 0.3 is 6.09 Å². The Morgan fingerprint density at radius 3 is 2.44 bits per heavy atom. The molecule has 1 N–H and O–H groups in total. The molecular weight excluding hydrogens is 345 g/mol. The molecule has 6 heteroatoms. The Morgan fingerprint density at radius 1 is 1.04 bits per heavy atom. The highest BCUT2D eigenvalue weighted by atomic mass is 19.1. The minimum absolute atomic E-state index is 0.438. The van der Waals surface area contributed by atoms with Crippen LogP contribution in [0.5, 0.6) is 0 Å². The predicted molar refractivity (Wildman–Crippen MR) is 103 cm³/mol. The second kappa shape index (κ2) is 7.53. The Labute approximate surface area is 157 Å². The van der Waals surface area contributed by atoms with Crippen molar-refractivity contribution in [2.45, 2.75) is 26.4 Å². The summed E-state index contributed by atoms with van der Waals surface area (Å²) in [4.78, 5) is 20.7. The summed E-state index contributed by atoms with van der Waals surface area (Å²) < 4.78 is 18.8. The first kappa shape index (κ1) is 18.5. The highest BCUT2D eigenvalue weighted by Gasteiger charge is 2.18. The number of carbonyl (C=O) groups excluding carboxylic acids is 1. The van der Waals surface area contributed by atoms with Crippen molar-refractivity contribution in [3.8, 4) is 22.5 Å². The van der Waals surface area contributed by atoms with Crippen LogP contribution >= 0.6 is 0 Å². The maximum atomic E-state index is 13.5. The Balaban J connectivity index is 2.02. The maximum absolute atomic E-state index is 13.5. The van der Waals surface area contributed by atoms with Gasteiger partial charge in [0, 0.05) is 17.3 Å². The second-order valence-corrected chi connectivity index (χ2v) is 6.98. The van der Waals surface area contributed by atoms with Crippen molar-refractivity contribution in [2.75, 3.05) is 5.32 Å². The van der Waals surface area contributed by atoms with Crippen molar-refractivity contribution in [1.29, 1.82) is 0 Å². The van der Waals surface area contributed by atoms with Crippen molar-refractivity contribution in [3.05, 3.63) is 66.7 Å². The number of pyridine rings is 2. The molecular formula is C21H20FN3O2. The number of ether oxygens (including phenoxy) is 1. The van der Waals surface area contributed by atoms with Gasteiger partial charge in [0.1, 0.15) is 11.4 Å². The molecule has 0 aliphatic rings. The average molecular weight is 365 g/mol. The van der Waals surface area contributed by atoms with E-state index in [-0.39, 0.29) is 0 Å². The van der Waals surface area contributed by atoms with Gasteiger partial charge in [0.15, 0.2) is 0 Å². The van der Waals surface area contributed by atoms with Crippen molar-refractivity contribution in [1.82, 2.24) is 9.97 Å². The molecule has 0 fully saturated rings. The molecule has 0 spiro atoms. The zero-order chi connectivity index (χ0) is 19.4. The Bertz CT molecular complexity index is 953. The third-order valence-electron chi connectivity index (χ3n) is 3.58. The topological polar surface area (TPSA) is 64.1 Å². The van der Waals surface area contributed by atoms with E-state index >= 15 is 0 Å². The van der Waals surface area contributed by atoms with Crippen LogP contribution in [0.2, 0.25) is 0 Å². The molecule has 0 radical (unpaired) electrons. The lowest BCUT2D eigenvalue weighted by Crippen LogP contribution is -2.27. The van der Waals surface area contributed by atoms with Gasteiger partial charge in [0.2, 0.25) is 0 Å². The van der Waals surface area contributed by atoms with Crippen LogP contribution in [-0.4, -0.2) is 21.7 Å². The van der Waals surface area contributed by atoms with Gasteiger partial charge in [0.05, 0.1) is 23.3 Å². The monoisotopic (exact) mass is 365 g/mol. The molecule has 5 nitrogen and oxygen atoms in total. The molecule has 0 saturated carbocycles. The Hall–Kier alpha value is -3.28. The number of benzene rings is 1. The summed E-state index contributed by atoms with van der Waals surface area (Å²) in [5.41, 5.74) is 2.37.